The van der Waals surface area contributed by atoms with Gasteiger partial charge in [0.1, 0.15) is 11.4 Å². The van der Waals surface area contributed by atoms with Crippen LogP contribution in [0, 0.1) is 0 Å². The van der Waals surface area contributed by atoms with E-state index in [1.54, 1.807) is 24.5 Å². The Hall–Kier alpha value is -2.10. The molecular weight excluding hydrogens is 176 g/mol. The van der Waals surface area contributed by atoms with Gasteiger partial charge in [-0.1, -0.05) is 6.07 Å². The first kappa shape index (κ1) is 8.50. The van der Waals surface area contributed by atoms with Crippen molar-refractivity contribution in [2.75, 3.05) is 0 Å². The van der Waals surface area contributed by atoms with Crippen LogP contribution in [-0.2, 0) is 0 Å². The Balaban J connectivity index is 2.57. The molecular formula is C10H7N4. The minimum atomic E-state index is 0.422. The zero-order valence-corrected chi connectivity index (χ0v) is 7.33. The van der Waals surface area contributed by atoms with E-state index in [9.17, 15) is 0 Å². The second-order valence-corrected chi connectivity index (χ2v) is 2.69. The molecule has 0 saturated carbocycles. The number of hydrogen-bond acceptors (Lipinski definition) is 3. The highest BCUT2D eigenvalue weighted by Gasteiger charge is 2.05. The van der Waals surface area contributed by atoms with Gasteiger partial charge in [0.15, 0.2) is 0 Å². The highest BCUT2D eigenvalue weighted by molar-refractivity contribution is 5.68. The summed E-state index contributed by atoms with van der Waals surface area (Å²) in [6.07, 6.45) is 3.31. The van der Waals surface area contributed by atoms with E-state index in [4.69, 9.17) is 5.53 Å². The maximum atomic E-state index is 8.74. The summed E-state index contributed by atoms with van der Waals surface area (Å²) in [7, 11) is 0. The molecule has 0 aliphatic carbocycles. The van der Waals surface area contributed by atoms with Gasteiger partial charge in [-0.25, -0.2) is 0 Å². The first-order valence-corrected chi connectivity index (χ1v) is 4.13. The number of aromatic nitrogens is 2. The summed E-state index contributed by atoms with van der Waals surface area (Å²) < 4.78 is 0. The van der Waals surface area contributed by atoms with Crippen molar-refractivity contribution in [3.63, 3.8) is 0 Å². The molecule has 4 heteroatoms. The van der Waals surface area contributed by atoms with Gasteiger partial charge in [-0.2, -0.15) is 0 Å². The molecule has 4 nitrogen and oxygen atoms in total. The van der Waals surface area contributed by atoms with Crippen LogP contribution in [0.3, 0.4) is 0 Å². The average molecular weight is 183 g/mol. The SMILES string of the molecule is [N]=Nc1cccnc1-c1ccccn1. The van der Waals surface area contributed by atoms with Crippen LogP contribution in [0.1, 0.15) is 0 Å². The Morgan fingerprint density at radius 1 is 1.00 bits per heavy atom. The number of hydrogen-bond donors (Lipinski definition) is 0. The lowest BCUT2D eigenvalue weighted by Crippen LogP contribution is -1.86. The molecule has 2 aromatic heterocycles. The van der Waals surface area contributed by atoms with Crippen molar-refractivity contribution in [3.05, 3.63) is 42.7 Å². The zero-order chi connectivity index (χ0) is 9.80. The van der Waals surface area contributed by atoms with Crippen molar-refractivity contribution in [1.29, 1.82) is 0 Å². The monoisotopic (exact) mass is 183 g/mol. The first-order chi connectivity index (χ1) is 6.92. The van der Waals surface area contributed by atoms with Crippen molar-refractivity contribution in [1.82, 2.24) is 15.5 Å². The molecule has 67 valence electrons. The van der Waals surface area contributed by atoms with E-state index in [0.29, 0.717) is 17.1 Å². The predicted molar refractivity (Wildman–Crippen MR) is 51.7 cm³/mol. The van der Waals surface area contributed by atoms with Gasteiger partial charge in [-0.3, -0.25) is 9.97 Å². The van der Waals surface area contributed by atoms with Crippen LogP contribution < -0.4 is 5.53 Å². The predicted octanol–water partition coefficient (Wildman–Crippen LogP) is 2.03. The third-order valence-corrected chi connectivity index (χ3v) is 1.80. The third kappa shape index (κ3) is 1.50. The number of pyridine rings is 2. The molecule has 0 atom stereocenters. The molecule has 0 N–H and O–H groups in total. The van der Waals surface area contributed by atoms with Crippen LogP contribution in [0.2, 0.25) is 0 Å². The molecule has 2 rings (SSSR count). The Morgan fingerprint density at radius 2 is 1.86 bits per heavy atom. The van der Waals surface area contributed by atoms with Gasteiger partial charge >= 0.3 is 0 Å². The molecule has 0 fully saturated rings. The lowest BCUT2D eigenvalue weighted by Gasteiger charge is -2.00. The van der Waals surface area contributed by atoms with E-state index in [1.165, 1.54) is 0 Å². The van der Waals surface area contributed by atoms with Crippen LogP contribution >= 0.6 is 0 Å². The Morgan fingerprint density at radius 3 is 2.57 bits per heavy atom. The molecule has 0 aliphatic rings. The lowest BCUT2D eigenvalue weighted by atomic mass is 10.2. The van der Waals surface area contributed by atoms with Crippen molar-refractivity contribution in [2.24, 2.45) is 5.11 Å². The largest absolute Gasteiger partial charge is 0.255 e. The molecule has 2 heterocycles. The second-order valence-electron chi connectivity index (χ2n) is 2.69. The highest BCUT2D eigenvalue weighted by Crippen LogP contribution is 2.24. The van der Waals surface area contributed by atoms with Crippen LogP contribution in [0.25, 0.3) is 11.4 Å². The molecule has 0 aliphatic heterocycles. The van der Waals surface area contributed by atoms with E-state index in [2.05, 4.69) is 15.1 Å². The van der Waals surface area contributed by atoms with Gasteiger partial charge in [-0.05, 0) is 29.8 Å². The Labute approximate surface area is 81.2 Å². The lowest BCUT2D eigenvalue weighted by molar-refractivity contribution is 1.20. The first-order valence-electron chi connectivity index (χ1n) is 4.13. The highest BCUT2D eigenvalue weighted by atomic mass is 15.0. The molecule has 14 heavy (non-hydrogen) atoms. The normalized spacial score (nSPS) is 9.71. The Kier molecular flexibility index (Phi) is 2.27. The number of nitrogens with zero attached hydrogens (tertiary/aromatic N) is 4. The van der Waals surface area contributed by atoms with Crippen molar-refractivity contribution in [2.45, 2.75) is 0 Å². The van der Waals surface area contributed by atoms with Gasteiger partial charge in [0.05, 0.1) is 5.69 Å². The molecule has 1 radical (unpaired) electrons. The minimum Gasteiger partial charge on any atom is -0.255 e. The summed E-state index contributed by atoms with van der Waals surface area (Å²) in [5.74, 6) is 0. The summed E-state index contributed by atoms with van der Waals surface area (Å²) in [4.78, 5) is 8.23. The maximum Gasteiger partial charge on any atom is 0.116 e. The summed E-state index contributed by atoms with van der Waals surface area (Å²) in [5.41, 5.74) is 10.4. The van der Waals surface area contributed by atoms with Gasteiger partial charge in [0.2, 0.25) is 0 Å². The van der Waals surface area contributed by atoms with Gasteiger partial charge < -0.3 is 0 Å². The van der Waals surface area contributed by atoms with Gasteiger partial charge in [0.25, 0.3) is 0 Å². The van der Waals surface area contributed by atoms with Crippen molar-refractivity contribution in [3.8, 4) is 11.4 Å². The van der Waals surface area contributed by atoms with Gasteiger partial charge in [-0.15, -0.1) is 5.11 Å². The molecule has 0 bridgehead atoms. The topological polar surface area (TPSA) is 60.4 Å². The van der Waals surface area contributed by atoms with Crippen molar-refractivity contribution >= 4 is 5.69 Å². The van der Waals surface area contributed by atoms with Crippen LogP contribution in [0.15, 0.2) is 47.8 Å². The molecule has 0 amide bonds. The van der Waals surface area contributed by atoms with E-state index >= 15 is 0 Å². The third-order valence-electron chi connectivity index (χ3n) is 1.80. The van der Waals surface area contributed by atoms with Crippen LogP contribution in [0.4, 0.5) is 5.69 Å². The molecule has 0 spiro atoms. The Bertz CT molecular complexity index is 439. The fraction of sp³-hybridized carbons (Fsp3) is 0. The van der Waals surface area contributed by atoms with Gasteiger partial charge in [0, 0.05) is 12.4 Å². The maximum absolute atomic E-state index is 8.74. The molecule has 0 aromatic carbocycles. The standard InChI is InChI=1S/C10H7N4/c11-14-9-5-3-7-13-10(9)8-4-1-2-6-12-8/h1-7H. The molecule has 0 unspecified atom stereocenters. The zero-order valence-electron chi connectivity index (χ0n) is 7.33. The summed E-state index contributed by atoms with van der Waals surface area (Å²) >= 11 is 0. The summed E-state index contributed by atoms with van der Waals surface area (Å²) in [6.45, 7) is 0. The summed E-state index contributed by atoms with van der Waals surface area (Å²) in [6, 6.07) is 8.88. The fourth-order valence-electron chi connectivity index (χ4n) is 1.18. The minimum absolute atomic E-state index is 0.422. The quantitative estimate of drug-likeness (QED) is 0.669. The van der Waals surface area contributed by atoms with Crippen molar-refractivity contribution < 1.29 is 0 Å². The van der Waals surface area contributed by atoms with E-state index < -0.39 is 0 Å². The molecule has 0 saturated heterocycles. The second kappa shape index (κ2) is 3.74. The smallest absolute Gasteiger partial charge is 0.116 e. The number of rotatable bonds is 2. The molecule has 2 aromatic rings. The van der Waals surface area contributed by atoms with E-state index in [1.807, 2.05) is 18.2 Å². The van der Waals surface area contributed by atoms with Crippen LogP contribution in [0.5, 0.6) is 0 Å². The summed E-state index contributed by atoms with van der Waals surface area (Å²) in [5, 5.41) is 3.14. The van der Waals surface area contributed by atoms with Crippen LogP contribution in [-0.4, -0.2) is 9.97 Å². The van der Waals surface area contributed by atoms with E-state index in [0.717, 1.165) is 0 Å². The van der Waals surface area contributed by atoms with E-state index in [-0.39, 0.29) is 0 Å². The average Bonchev–Trinajstić information content (AvgIpc) is 2.30. The fourth-order valence-corrected chi connectivity index (χ4v) is 1.18.